The number of para-hydroxylation sites is 1. The first-order valence-corrected chi connectivity index (χ1v) is 8.81. The lowest BCUT2D eigenvalue weighted by Gasteiger charge is -2.35. The number of carbonyl (C=O) groups is 4. The number of hydrogen-bond acceptors (Lipinski definition) is 5. The number of nitrogens with one attached hydrogen (secondary N) is 1. The van der Waals surface area contributed by atoms with Crippen molar-refractivity contribution in [3.8, 4) is 5.75 Å². The van der Waals surface area contributed by atoms with Crippen LogP contribution in [0.15, 0.2) is 29.8 Å². The maximum atomic E-state index is 12.9. The average molecular weight is 372 g/mol. The Morgan fingerprint density at radius 1 is 1.19 bits per heavy atom. The smallest absolute Gasteiger partial charge is 0.341 e. The first kappa shape index (κ1) is 18.6. The summed E-state index contributed by atoms with van der Waals surface area (Å²) < 4.78 is 5.21. The number of nitrogens with zero attached hydrogens (tertiary/aromatic N) is 1. The minimum absolute atomic E-state index is 0.174. The standard InChI is InChI=1S/C19H20N2O6/c22-16(23)11-27-15-9-5-4-6-12(15)10-14-17(24)20-19(26)21(18(14)25)13-7-2-1-3-8-13/h4-6,9-10,13H,1-3,7-8,11H2,(H,22,23)(H,20,24,26)/b14-10-. The highest BCUT2D eigenvalue weighted by Gasteiger charge is 2.40. The van der Waals surface area contributed by atoms with Crippen LogP contribution in [0.25, 0.3) is 6.08 Å². The number of carboxylic acid groups (broad SMARTS) is 1. The summed E-state index contributed by atoms with van der Waals surface area (Å²) in [4.78, 5) is 49.2. The van der Waals surface area contributed by atoms with Crippen LogP contribution < -0.4 is 10.1 Å². The van der Waals surface area contributed by atoms with Gasteiger partial charge in [0.15, 0.2) is 6.61 Å². The molecule has 0 unspecified atom stereocenters. The van der Waals surface area contributed by atoms with Gasteiger partial charge < -0.3 is 9.84 Å². The zero-order valence-corrected chi connectivity index (χ0v) is 14.6. The summed E-state index contributed by atoms with van der Waals surface area (Å²) in [6.45, 7) is -0.549. The molecule has 1 saturated carbocycles. The molecule has 1 aliphatic heterocycles. The minimum Gasteiger partial charge on any atom is -0.481 e. The minimum atomic E-state index is -1.14. The van der Waals surface area contributed by atoms with Crippen LogP contribution in [0.5, 0.6) is 5.75 Å². The molecular weight excluding hydrogens is 352 g/mol. The first-order valence-electron chi connectivity index (χ1n) is 8.81. The van der Waals surface area contributed by atoms with Crippen molar-refractivity contribution in [3.05, 3.63) is 35.4 Å². The number of imide groups is 2. The lowest BCUT2D eigenvalue weighted by atomic mass is 9.93. The van der Waals surface area contributed by atoms with E-state index in [0.29, 0.717) is 5.56 Å². The Morgan fingerprint density at radius 2 is 1.89 bits per heavy atom. The van der Waals surface area contributed by atoms with Crippen LogP contribution in [0, 0.1) is 0 Å². The zero-order valence-electron chi connectivity index (χ0n) is 14.6. The lowest BCUT2D eigenvalue weighted by Crippen LogP contribution is -2.58. The fourth-order valence-corrected chi connectivity index (χ4v) is 3.37. The van der Waals surface area contributed by atoms with Crippen molar-refractivity contribution in [1.29, 1.82) is 0 Å². The first-order chi connectivity index (χ1) is 13.0. The molecule has 142 valence electrons. The zero-order chi connectivity index (χ0) is 19.4. The second kappa shape index (κ2) is 8.03. The maximum absolute atomic E-state index is 12.9. The number of rotatable bonds is 5. The van der Waals surface area contributed by atoms with Gasteiger partial charge in [0, 0.05) is 11.6 Å². The molecule has 1 saturated heterocycles. The molecule has 2 N–H and O–H groups in total. The molecule has 0 radical (unpaired) electrons. The highest BCUT2D eigenvalue weighted by Crippen LogP contribution is 2.27. The molecule has 0 aromatic heterocycles. The molecule has 1 aromatic carbocycles. The summed E-state index contributed by atoms with van der Waals surface area (Å²) in [5.41, 5.74) is 0.210. The van der Waals surface area contributed by atoms with Crippen LogP contribution in [-0.4, -0.2) is 46.5 Å². The molecule has 1 heterocycles. The number of amides is 4. The van der Waals surface area contributed by atoms with Gasteiger partial charge in [-0.1, -0.05) is 37.5 Å². The van der Waals surface area contributed by atoms with E-state index in [9.17, 15) is 19.2 Å². The van der Waals surface area contributed by atoms with Gasteiger partial charge in [0.25, 0.3) is 11.8 Å². The monoisotopic (exact) mass is 372 g/mol. The Labute approximate surface area is 155 Å². The quantitative estimate of drug-likeness (QED) is 0.603. The topological polar surface area (TPSA) is 113 Å². The number of ether oxygens (including phenoxy) is 1. The molecule has 8 nitrogen and oxygen atoms in total. The van der Waals surface area contributed by atoms with Gasteiger partial charge in [0.05, 0.1) is 0 Å². The van der Waals surface area contributed by atoms with E-state index in [1.165, 1.54) is 6.08 Å². The molecule has 3 rings (SSSR count). The van der Waals surface area contributed by atoms with Gasteiger partial charge in [-0.3, -0.25) is 19.8 Å². The fraction of sp³-hybridized carbons (Fsp3) is 0.368. The number of carbonyl (C=O) groups excluding carboxylic acids is 3. The van der Waals surface area contributed by atoms with Crippen LogP contribution >= 0.6 is 0 Å². The van der Waals surface area contributed by atoms with Crippen molar-refractivity contribution in [2.24, 2.45) is 0 Å². The van der Waals surface area contributed by atoms with Crippen LogP contribution in [0.4, 0.5) is 4.79 Å². The third kappa shape index (κ3) is 4.16. The second-order valence-electron chi connectivity index (χ2n) is 6.50. The Kier molecular flexibility index (Phi) is 5.54. The number of barbiturate groups is 1. The van der Waals surface area contributed by atoms with Crippen LogP contribution in [0.3, 0.4) is 0 Å². The van der Waals surface area contributed by atoms with Gasteiger partial charge in [-0.25, -0.2) is 9.59 Å². The van der Waals surface area contributed by atoms with Gasteiger partial charge in [-0.15, -0.1) is 0 Å². The Bertz CT molecular complexity index is 810. The van der Waals surface area contributed by atoms with Crippen molar-refractivity contribution < 1.29 is 29.0 Å². The normalized spacial score (nSPS) is 19.9. The summed E-state index contributed by atoms with van der Waals surface area (Å²) in [7, 11) is 0. The van der Waals surface area contributed by atoms with Gasteiger partial charge in [0.2, 0.25) is 0 Å². The summed E-state index contributed by atoms with van der Waals surface area (Å²) in [6.07, 6.45) is 5.70. The van der Waals surface area contributed by atoms with E-state index in [4.69, 9.17) is 9.84 Å². The number of carboxylic acids is 1. The molecule has 27 heavy (non-hydrogen) atoms. The van der Waals surface area contributed by atoms with E-state index < -0.39 is 30.4 Å². The molecule has 0 atom stereocenters. The van der Waals surface area contributed by atoms with Gasteiger partial charge in [0.1, 0.15) is 11.3 Å². The predicted molar refractivity (Wildman–Crippen MR) is 94.8 cm³/mol. The van der Waals surface area contributed by atoms with Gasteiger partial charge in [-0.05, 0) is 25.0 Å². The molecule has 0 bridgehead atoms. The third-order valence-corrected chi connectivity index (χ3v) is 4.64. The SMILES string of the molecule is O=C(O)COc1ccccc1/C=C1/C(=O)NC(=O)N(C2CCCCC2)C1=O. The molecule has 4 amide bonds. The van der Waals surface area contributed by atoms with E-state index in [1.54, 1.807) is 24.3 Å². The third-order valence-electron chi connectivity index (χ3n) is 4.64. The fourth-order valence-electron chi connectivity index (χ4n) is 3.37. The van der Waals surface area contributed by atoms with E-state index >= 15 is 0 Å². The predicted octanol–water partition coefficient (Wildman–Crippen LogP) is 1.94. The highest BCUT2D eigenvalue weighted by molar-refractivity contribution is 6.31. The van der Waals surface area contributed by atoms with Gasteiger partial charge >= 0.3 is 12.0 Å². The second-order valence-corrected chi connectivity index (χ2v) is 6.50. The number of urea groups is 1. The molecule has 2 aliphatic rings. The number of aliphatic carboxylic acids is 1. The number of benzene rings is 1. The van der Waals surface area contributed by atoms with Crippen LogP contribution in [0.1, 0.15) is 37.7 Å². The molecule has 0 spiro atoms. The van der Waals surface area contributed by atoms with Crippen LogP contribution in [-0.2, 0) is 14.4 Å². The Morgan fingerprint density at radius 3 is 2.59 bits per heavy atom. The summed E-state index contributed by atoms with van der Waals surface area (Å²) in [5.74, 6) is -2.32. The van der Waals surface area contributed by atoms with Crippen LogP contribution in [0.2, 0.25) is 0 Å². The summed E-state index contributed by atoms with van der Waals surface area (Å²) in [6, 6.07) is 5.57. The lowest BCUT2D eigenvalue weighted by molar-refractivity contribution is -0.139. The van der Waals surface area contributed by atoms with Crippen molar-refractivity contribution in [1.82, 2.24) is 10.2 Å². The maximum Gasteiger partial charge on any atom is 0.341 e. The van der Waals surface area contributed by atoms with Gasteiger partial charge in [-0.2, -0.15) is 0 Å². The van der Waals surface area contributed by atoms with Crippen molar-refractivity contribution in [3.63, 3.8) is 0 Å². The summed E-state index contributed by atoms with van der Waals surface area (Å²) in [5, 5.41) is 11.0. The average Bonchev–Trinajstić information content (AvgIpc) is 2.65. The van der Waals surface area contributed by atoms with Crippen molar-refractivity contribution >= 4 is 29.9 Å². The van der Waals surface area contributed by atoms with Crippen molar-refractivity contribution in [2.75, 3.05) is 6.61 Å². The van der Waals surface area contributed by atoms with E-state index in [-0.39, 0.29) is 17.4 Å². The molecule has 2 fully saturated rings. The summed E-state index contributed by atoms with van der Waals surface area (Å²) >= 11 is 0. The molecular formula is C19H20N2O6. The molecule has 8 heteroatoms. The van der Waals surface area contributed by atoms with E-state index in [0.717, 1.165) is 37.0 Å². The molecule has 1 aliphatic carbocycles. The number of hydrogen-bond donors (Lipinski definition) is 2. The Hall–Kier alpha value is -3.16. The van der Waals surface area contributed by atoms with E-state index in [2.05, 4.69) is 5.32 Å². The highest BCUT2D eigenvalue weighted by atomic mass is 16.5. The Balaban J connectivity index is 1.90. The van der Waals surface area contributed by atoms with E-state index in [1.807, 2.05) is 0 Å². The van der Waals surface area contributed by atoms with Crippen molar-refractivity contribution in [2.45, 2.75) is 38.1 Å². The largest absolute Gasteiger partial charge is 0.481 e. The molecule has 1 aromatic rings.